The van der Waals surface area contributed by atoms with Crippen molar-refractivity contribution in [1.82, 2.24) is 9.78 Å². The van der Waals surface area contributed by atoms with Gasteiger partial charge in [0.1, 0.15) is 11.4 Å². The number of hydrogen-bond donors (Lipinski definition) is 2. The molecule has 0 spiro atoms. The zero-order valence-electron chi connectivity index (χ0n) is 8.92. The van der Waals surface area contributed by atoms with E-state index in [4.69, 9.17) is 10.5 Å². The number of hydrogen-bond acceptors (Lipinski definition) is 4. The molecule has 0 aliphatic heterocycles. The van der Waals surface area contributed by atoms with Crippen molar-refractivity contribution >= 4 is 0 Å². The van der Waals surface area contributed by atoms with Gasteiger partial charge in [-0.1, -0.05) is 12.1 Å². The van der Waals surface area contributed by atoms with Gasteiger partial charge in [-0.3, -0.25) is 0 Å². The molecule has 84 valence electrons. The highest BCUT2D eigenvalue weighted by molar-refractivity contribution is 5.47. The lowest BCUT2D eigenvalue weighted by Crippen LogP contribution is -2.02. The van der Waals surface area contributed by atoms with E-state index >= 15 is 0 Å². The number of ether oxygens (including phenoxy) is 1. The summed E-state index contributed by atoms with van der Waals surface area (Å²) in [6.07, 6.45) is 0. The Morgan fingerprint density at radius 3 is 2.81 bits per heavy atom. The number of benzene rings is 1. The predicted molar refractivity (Wildman–Crippen MR) is 59.7 cm³/mol. The van der Waals surface area contributed by atoms with Gasteiger partial charge in [-0.05, 0) is 12.1 Å². The summed E-state index contributed by atoms with van der Waals surface area (Å²) in [5.41, 5.74) is 6.79. The summed E-state index contributed by atoms with van der Waals surface area (Å²) < 4.78 is 6.70. The molecule has 5 nitrogen and oxygen atoms in total. The number of nitrogens with two attached hydrogens (primary N) is 1. The lowest BCUT2D eigenvalue weighted by molar-refractivity contribution is 0.380. The standard InChI is InChI=1S/C11H13N3O2/c1-16-11-6-8(7-12)13-14(11)9-4-2-3-5-10(9)15/h2-6,15H,7,12H2,1H3. The topological polar surface area (TPSA) is 73.3 Å². The molecule has 0 radical (unpaired) electrons. The van der Waals surface area contributed by atoms with Crippen LogP contribution in [0.25, 0.3) is 5.69 Å². The monoisotopic (exact) mass is 219 g/mol. The zero-order chi connectivity index (χ0) is 11.5. The summed E-state index contributed by atoms with van der Waals surface area (Å²) in [5, 5.41) is 14.0. The van der Waals surface area contributed by atoms with Gasteiger partial charge in [0.05, 0.1) is 12.8 Å². The highest BCUT2D eigenvalue weighted by Gasteiger charge is 2.11. The normalized spacial score (nSPS) is 10.4. The average Bonchev–Trinajstić information content (AvgIpc) is 2.72. The van der Waals surface area contributed by atoms with Gasteiger partial charge in [-0.15, -0.1) is 0 Å². The van der Waals surface area contributed by atoms with Crippen molar-refractivity contribution in [3.8, 4) is 17.3 Å². The highest BCUT2D eigenvalue weighted by atomic mass is 16.5. The van der Waals surface area contributed by atoms with Crippen molar-refractivity contribution in [3.63, 3.8) is 0 Å². The number of aromatic nitrogens is 2. The van der Waals surface area contributed by atoms with Crippen LogP contribution in [0, 0.1) is 0 Å². The van der Waals surface area contributed by atoms with Crippen LogP contribution in [0.5, 0.6) is 11.6 Å². The smallest absolute Gasteiger partial charge is 0.216 e. The molecule has 0 unspecified atom stereocenters. The van der Waals surface area contributed by atoms with Gasteiger partial charge >= 0.3 is 0 Å². The molecule has 0 aliphatic carbocycles. The molecule has 16 heavy (non-hydrogen) atoms. The molecule has 2 aromatic rings. The number of methoxy groups -OCH3 is 1. The second-order valence-corrected chi connectivity index (χ2v) is 3.28. The quantitative estimate of drug-likeness (QED) is 0.809. The lowest BCUT2D eigenvalue weighted by Gasteiger charge is -2.07. The Morgan fingerprint density at radius 2 is 2.19 bits per heavy atom. The van der Waals surface area contributed by atoms with Gasteiger partial charge in [0.2, 0.25) is 5.88 Å². The van der Waals surface area contributed by atoms with Crippen LogP contribution in [-0.4, -0.2) is 22.0 Å². The van der Waals surface area contributed by atoms with Crippen LogP contribution in [0.1, 0.15) is 5.69 Å². The lowest BCUT2D eigenvalue weighted by atomic mass is 10.3. The molecule has 1 aromatic heterocycles. The largest absolute Gasteiger partial charge is 0.506 e. The third kappa shape index (κ3) is 1.72. The van der Waals surface area contributed by atoms with E-state index in [9.17, 15) is 5.11 Å². The first-order valence-electron chi connectivity index (χ1n) is 4.87. The maximum atomic E-state index is 9.72. The van der Waals surface area contributed by atoms with Crippen LogP contribution in [0.2, 0.25) is 0 Å². The number of phenolic OH excluding ortho intramolecular Hbond substituents is 1. The molecule has 3 N–H and O–H groups in total. The number of phenols is 1. The fraction of sp³-hybridized carbons (Fsp3) is 0.182. The van der Waals surface area contributed by atoms with Crippen molar-refractivity contribution in [1.29, 1.82) is 0 Å². The molecule has 0 saturated carbocycles. The maximum Gasteiger partial charge on any atom is 0.216 e. The summed E-state index contributed by atoms with van der Waals surface area (Å²) >= 11 is 0. The molecule has 0 fully saturated rings. The van der Waals surface area contributed by atoms with E-state index in [1.807, 2.05) is 6.07 Å². The molecule has 0 atom stereocenters. The first kappa shape index (κ1) is 10.5. The summed E-state index contributed by atoms with van der Waals surface area (Å²) in [6, 6.07) is 8.66. The molecule has 5 heteroatoms. The fourth-order valence-electron chi connectivity index (χ4n) is 1.47. The van der Waals surface area contributed by atoms with E-state index in [0.717, 1.165) is 0 Å². The van der Waals surface area contributed by atoms with Crippen LogP contribution in [-0.2, 0) is 6.54 Å². The fourth-order valence-corrected chi connectivity index (χ4v) is 1.47. The van der Waals surface area contributed by atoms with Crippen molar-refractivity contribution in [2.75, 3.05) is 7.11 Å². The third-order valence-corrected chi connectivity index (χ3v) is 2.26. The van der Waals surface area contributed by atoms with Crippen molar-refractivity contribution < 1.29 is 9.84 Å². The number of rotatable bonds is 3. The molecule has 0 aliphatic rings. The minimum Gasteiger partial charge on any atom is -0.506 e. The van der Waals surface area contributed by atoms with Crippen LogP contribution in [0.3, 0.4) is 0 Å². The van der Waals surface area contributed by atoms with E-state index in [1.165, 1.54) is 4.68 Å². The second kappa shape index (κ2) is 4.24. The van der Waals surface area contributed by atoms with Gasteiger partial charge in [-0.2, -0.15) is 9.78 Å². The SMILES string of the molecule is COc1cc(CN)nn1-c1ccccc1O. The first-order chi connectivity index (χ1) is 7.76. The minimum absolute atomic E-state index is 0.146. The Hall–Kier alpha value is -2.01. The molecule has 1 aromatic carbocycles. The Balaban J connectivity index is 2.54. The van der Waals surface area contributed by atoms with Crippen LogP contribution in [0.15, 0.2) is 30.3 Å². The van der Waals surface area contributed by atoms with Gasteiger partial charge in [0.15, 0.2) is 0 Å². The van der Waals surface area contributed by atoms with E-state index in [0.29, 0.717) is 23.8 Å². The first-order valence-corrected chi connectivity index (χ1v) is 4.87. The Bertz CT molecular complexity index is 494. The van der Waals surface area contributed by atoms with E-state index in [1.54, 1.807) is 31.4 Å². The summed E-state index contributed by atoms with van der Waals surface area (Å²) in [7, 11) is 1.55. The average molecular weight is 219 g/mol. The third-order valence-electron chi connectivity index (χ3n) is 2.26. The van der Waals surface area contributed by atoms with Gasteiger partial charge < -0.3 is 15.6 Å². The molecule has 1 heterocycles. The molecular weight excluding hydrogens is 206 g/mol. The van der Waals surface area contributed by atoms with Crippen molar-refractivity contribution in [2.45, 2.75) is 6.54 Å². The molecule has 0 saturated heterocycles. The van der Waals surface area contributed by atoms with Gasteiger partial charge in [-0.25, -0.2) is 0 Å². The predicted octanol–water partition coefficient (Wildman–Crippen LogP) is 1.05. The highest BCUT2D eigenvalue weighted by Crippen LogP contribution is 2.25. The van der Waals surface area contributed by atoms with E-state index in [2.05, 4.69) is 5.10 Å². The number of aromatic hydroxyl groups is 1. The molecular formula is C11H13N3O2. The van der Waals surface area contributed by atoms with Crippen LogP contribution < -0.4 is 10.5 Å². The summed E-state index contributed by atoms with van der Waals surface area (Å²) in [4.78, 5) is 0. The Kier molecular flexibility index (Phi) is 2.78. The Morgan fingerprint density at radius 1 is 1.44 bits per heavy atom. The number of nitrogens with zero attached hydrogens (tertiary/aromatic N) is 2. The van der Waals surface area contributed by atoms with Gasteiger partial charge in [0, 0.05) is 12.6 Å². The summed E-state index contributed by atoms with van der Waals surface area (Å²) in [5.74, 6) is 0.689. The molecule has 0 bridgehead atoms. The summed E-state index contributed by atoms with van der Waals surface area (Å²) in [6.45, 7) is 0.330. The Labute approximate surface area is 93.1 Å². The minimum atomic E-state index is 0.146. The molecule has 2 rings (SSSR count). The van der Waals surface area contributed by atoms with Crippen molar-refractivity contribution in [3.05, 3.63) is 36.0 Å². The van der Waals surface area contributed by atoms with E-state index < -0.39 is 0 Å². The maximum absolute atomic E-state index is 9.72. The zero-order valence-corrected chi connectivity index (χ0v) is 8.92. The van der Waals surface area contributed by atoms with Crippen LogP contribution in [0.4, 0.5) is 0 Å². The second-order valence-electron chi connectivity index (χ2n) is 3.28. The number of para-hydroxylation sites is 2. The van der Waals surface area contributed by atoms with E-state index in [-0.39, 0.29) is 5.75 Å². The van der Waals surface area contributed by atoms with Gasteiger partial charge in [0.25, 0.3) is 0 Å². The van der Waals surface area contributed by atoms with Crippen molar-refractivity contribution in [2.24, 2.45) is 5.73 Å². The van der Waals surface area contributed by atoms with Crippen LogP contribution >= 0.6 is 0 Å². The molecule has 0 amide bonds.